The van der Waals surface area contributed by atoms with Gasteiger partial charge in [-0.2, -0.15) is 13.2 Å². The summed E-state index contributed by atoms with van der Waals surface area (Å²) < 4.78 is 37.3. The maximum atomic E-state index is 12.4. The third-order valence-corrected chi connectivity index (χ3v) is 2.83. The van der Waals surface area contributed by atoms with Crippen molar-refractivity contribution in [3.05, 3.63) is 34.9 Å². The third kappa shape index (κ3) is 3.89. The molecule has 0 aliphatic rings. The Labute approximate surface area is 103 Å². The summed E-state index contributed by atoms with van der Waals surface area (Å²) >= 11 is 5.50. The van der Waals surface area contributed by atoms with Crippen molar-refractivity contribution >= 4 is 11.6 Å². The Morgan fingerprint density at radius 1 is 1.35 bits per heavy atom. The molecule has 1 N–H and O–H groups in total. The predicted molar refractivity (Wildman–Crippen MR) is 61.1 cm³/mol. The molecule has 96 valence electrons. The van der Waals surface area contributed by atoms with E-state index in [1.54, 1.807) is 6.92 Å². The molecule has 0 bridgehead atoms. The minimum atomic E-state index is -4.34. The van der Waals surface area contributed by atoms with Crippen LogP contribution in [0.2, 0.25) is 0 Å². The molecule has 0 saturated heterocycles. The van der Waals surface area contributed by atoms with Crippen LogP contribution < -0.4 is 0 Å². The quantitative estimate of drug-likeness (QED) is 0.815. The molecule has 17 heavy (non-hydrogen) atoms. The summed E-state index contributed by atoms with van der Waals surface area (Å²) in [5.74, 6) is 0.427. The Balaban J connectivity index is 2.90. The first-order valence-corrected chi connectivity index (χ1v) is 5.81. The first-order chi connectivity index (χ1) is 7.86. The van der Waals surface area contributed by atoms with Crippen molar-refractivity contribution in [2.24, 2.45) is 0 Å². The molecule has 0 radical (unpaired) electrons. The lowest BCUT2D eigenvalue weighted by Crippen LogP contribution is -2.07. The summed E-state index contributed by atoms with van der Waals surface area (Å²) in [7, 11) is 0. The summed E-state index contributed by atoms with van der Waals surface area (Å²) in [5.41, 5.74) is 0.285. The van der Waals surface area contributed by atoms with Gasteiger partial charge >= 0.3 is 6.18 Å². The van der Waals surface area contributed by atoms with Crippen LogP contribution in [0.3, 0.4) is 0 Å². The van der Waals surface area contributed by atoms with Crippen molar-refractivity contribution in [2.75, 3.05) is 5.88 Å². The van der Waals surface area contributed by atoms with Gasteiger partial charge in [0.25, 0.3) is 0 Å². The Kier molecular flexibility index (Phi) is 4.83. The number of aliphatic hydroxyl groups is 1. The van der Waals surface area contributed by atoms with Crippen LogP contribution in [-0.4, -0.2) is 11.0 Å². The number of hydrogen-bond donors (Lipinski definition) is 1. The normalized spacial score (nSPS) is 13.8. The molecule has 1 aromatic carbocycles. The van der Waals surface area contributed by atoms with E-state index in [0.717, 1.165) is 12.1 Å². The van der Waals surface area contributed by atoms with Crippen molar-refractivity contribution in [1.82, 2.24) is 0 Å². The van der Waals surface area contributed by atoms with Crippen LogP contribution in [0.1, 0.15) is 35.6 Å². The number of hydrogen-bond acceptors (Lipinski definition) is 1. The van der Waals surface area contributed by atoms with Gasteiger partial charge in [-0.1, -0.05) is 6.07 Å². The predicted octanol–water partition coefficient (Wildman–Crippen LogP) is 4.07. The second-order valence-corrected chi connectivity index (χ2v) is 4.29. The molecule has 0 heterocycles. The van der Waals surface area contributed by atoms with E-state index in [0.29, 0.717) is 29.8 Å². The van der Waals surface area contributed by atoms with E-state index in [-0.39, 0.29) is 0 Å². The summed E-state index contributed by atoms with van der Waals surface area (Å²) in [6.45, 7) is 1.56. The lowest BCUT2D eigenvalue weighted by Gasteiger charge is -2.15. The van der Waals surface area contributed by atoms with Crippen LogP contribution in [0.25, 0.3) is 0 Å². The van der Waals surface area contributed by atoms with E-state index in [2.05, 4.69) is 0 Å². The van der Waals surface area contributed by atoms with Crippen LogP contribution >= 0.6 is 11.6 Å². The van der Waals surface area contributed by atoms with E-state index >= 15 is 0 Å². The molecule has 1 nitrogen and oxygen atoms in total. The fourth-order valence-corrected chi connectivity index (χ4v) is 1.81. The molecule has 0 spiro atoms. The van der Waals surface area contributed by atoms with Crippen LogP contribution in [0.15, 0.2) is 18.2 Å². The summed E-state index contributed by atoms with van der Waals surface area (Å²) in [6, 6.07) is 3.38. The van der Waals surface area contributed by atoms with Crippen molar-refractivity contribution in [2.45, 2.75) is 32.0 Å². The standard InChI is InChI=1S/C12H14ClF3O/c1-8-7-9(12(14,15)16)4-5-10(8)11(17)3-2-6-13/h4-5,7,11,17H,2-3,6H2,1H3. The first-order valence-electron chi connectivity index (χ1n) is 5.28. The second kappa shape index (κ2) is 5.74. The molecule has 0 aliphatic carbocycles. The van der Waals surface area contributed by atoms with Gasteiger partial charge in [-0.15, -0.1) is 11.6 Å². The number of benzene rings is 1. The van der Waals surface area contributed by atoms with E-state index in [9.17, 15) is 18.3 Å². The molecule has 1 atom stereocenters. The number of alkyl halides is 4. The minimum Gasteiger partial charge on any atom is -0.388 e. The largest absolute Gasteiger partial charge is 0.416 e. The molecule has 0 aromatic heterocycles. The van der Waals surface area contributed by atoms with Crippen LogP contribution in [0, 0.1) is 6.92 Å². The van der Waals surface area contributed by atoms with E-state index in [4.69, 9.17) is 11.6 Å². The van der Waals surface area contributed by atoms with Gasteiger partial charge in [0, 0.05) is 5.88 Å². The van der Waals surface area contributed by atoms with Gasteiger partial charge in [-0.3, -0.25) is 0 Å². The topological polar surface area (TPSA) is 20.2 Å². The molecule has 0 fully saturated rings. The monoisotopic (exact) mass is 266 g/mol. The minimum absolute atomic E-state index is 0.427. The molecular formula is C12H14ClF3O. The third-order valence-electron chi connectivity index (χ3n) is 2.57. The maximum Gasteiger partial charge on any atom is 0.416 e. The molecule has 0 saturated carbocycles. The SMILES string of the molecule is Cc1cc(C(F)(F)F)ccc1C(O)CCCCl. The highest BCUT2D eigenvalue weighted by Crippen LogP contribution is 2.32. The highest BCUT2D eigenvalue weighted by atomic mass is 35.5. The van der Waals surface area contributed by atoms with Gasteiger partial charge in [0.05, 0.1) is 11.7 Å². The fourth-order valence-electron chi connectivity index (χ4n) is 1.65. The average Bonchev–Trinajstić information content (AvgIpc) is 2.24. The molecule has 0 amide bonds. The van der Waals surface area contributed by atoms with Crippen LogP contribution in [-0.2, 0) is 6.18 Å². The Bertz CT molecular complexity index is 377. The van der Waals surface area contributed by atoms with Gasteiger partial charge in [-0.25, -0.2) is 0 Å². The maximum absolute atomic E-state index is 12.4. The van der Waals surface area contributed by atoms with Gasteiger partial charge in [0.1, 0.15) is 0 Å². The lowest BCUT2D eigenvalue weighted by atomic mass is 9.98. The molecule has 1 unspecified atom stereocenters. The highest BCUT2D eigenvalue weighted by Gasteiger charge is 2.30. The van der Waals surface area contributed by atoms with Crippen molar-refractivity contribution < 1.29 is 18.3 Å². The number of aliphatic hydroxyl groups excluding tert-OH is 1. The zero-order valence-corrected chi connectivity index (χ0v) is 10.1. The highest BCUT2D eigenvalue weighted by molar-refractivity contribution is 6.17. The average molecular weight is 267 g/mol. The van der Waals surface area contributed by atoms with Gasteiger partial charge < -0.3 is 5.11 Å². The zero-order valence-electron chi connectivity index (χ0n) is 9.39. The zero-order chi connectivity index (χ0) is 13.1. The Morgan fingerprint density at radius 2 is 2.00 bits per heavy atom. The van der Waals surface area contributed by atoms with Crippen molar-refractivity contribution in [3.63, 3.8) is 0 Å². The summed E-state index contributed by atoms with van der Waals surface area (Å²) in [4.78, 5) is 0. The van der Waals surface area contributed by atoms with Crippen molar-refractivity contribution in [1.29, 1.82) is 0 Å². The Hall–Kier alpha value is -0.740. The lowest BCUT2D eigenvalue weighted by molar-refractivity contribution is -0.137. The number of aryl methyl sites for hydroxylation is 1. The van der Waals surface area contributed by atoms with Gasteiger partial charge in [0.2, 0.25) is 0 Å². The van der Waals surface area contributed by atoms with Gasteiger partial charge in [0.15, 0.2) is 0 Å². The Morgan fingerprint density at radius 3 is 2.47 bits per heavy atom. The summed E-state index contributed by atoms with van der Waals surface area (Å²) in [5, 5.41) is 9.79. The molecule has 1 rings (SSSR count). The molecule has 1 aromatic rings. The number of rotatable bonds is 4. The van der Waals surface area contributed by atoms with E-state index < -0.39 is 17.8 Å². The molecule has 5 heteroatoms. The summed E-state index contributed by atoms with van der Waals surface area (Å²) in [6.07, 6.45) is -4.01. The van der Waals surface area contributed by atoms with Gasteiger partial charge in [-0.05, 0) is 43.0 Å². The van der Waals surface area contributed by atoms with E-state index in [1.165, 1.54) is 6.07 Å². The van der Waals surface area contributed by atoms with Crippen LogP contribution in [0.4, 0.5) is 13.2 Å². The second-order valence-electron chi connectivity index (χ2n) is 3.92. The van der Waals surface area contributed by atoms with Crippen molar-refractivity contribution in [3.8, 4) is 0 Å². The fraction of sp³-hybridized carbons (Fsp3) is 0.500. The van der Waals surface area contributed by atoms with E-state index in [1.807, 2.05) is 0 Å². The molecular weight excluding hydrogens is 253 g/mol. The van der Waals surface area contributed by atoms with Crippen LogP contribution in [0.5, 0.6) is 0 Å². The number of halogens is 4. The first kappa shape index (κ1) is 14.3. The smallest absolute Gasteiger partial charge is 0.388 e. The molecule has 0 aliphatic heterocycles.